The molecule has 0 bridgehead atoms. The topological polar surface area (TPSA) is 29.3 Å². The summed E-state index contributed by atoms with van der Waals surface area (Å²) in [5.74, 6) is 1.40. The molecule has 1 aromatic carbocycles. The highest BCUT2D eigenvalue weighted by Crippen LogP contribution is 2.24. The smallest absolute Gasteiger partial charge is 0.0233 e. The van der Waals surface area contributed by atoms with Gasteiger partial charge in [0.15, 0.2) is 0 Å². The summed E-state index contributed by atoms with van der Waals surface area (Å²) in [6.07, 6.45) is 2.49. The molecule has 1 saturated heterocycles. The first-order valence-corrected chi connectivity index (χ1v) is 7.58. The normalized spacial score (nSPS) is 22.1. The molecule has 19 heavy (non-hydrogen) atoms. The fourth-order valence-corrected chi connectivity index (χ4v) is 2.86. The zero-order chi connectivity index (χ0) is 13.8. The van der Waals surface area contributed by atoms with Gasteiger partial charge >= 0.3 is 0 Å². The third-order valence-corrected chi connectivity index (χ3v) is 4.36. The Morgan fingerprint density at radius 3 is 2.58 bits per heavy atom. The van der Waals surface area contributed by atoms with Crippen LogP contribution in [0.25, 0.3) is 0 Å². The number of rotatable bonds is 5. The first kappa shape index (κ1) is 14.5. The van der Waals surface area contributed by atoms with Crippen molar-refractivity contribution in [1.82, 2.24) is 4.90 Å². The second-order valence-corrected chi connectivity index (χ2v) is 6.52. The Bertz CT molecular complexity index is 383. The Labute approximate surface area is 118 Å². The number of benzene rings is 1. The highest BCUT2D eigenvalue weighted by atomic mass is 15.1. The van der Waals surface area contributed by atoms with Crippen molar-refractivity contribution in [2.24, 2.45) is 17.6 Å². The van der Waals surface area contributed by atoms with Crippen LogP contribution in [0.2, 0.25) is 0 Å². The molecule has 106 valence electrons. The monoisotopic (exact) mass is 260 g/mol. The second kappa shape index (κ2) is 6.53. The van der Waals surface area contributed by atoms with Crippen LogP contribution in [0.1, 0.15) is 37.8 Å². The molecule has 0 radical (unpaired) electrons. The summed E-state index contributed by atoms with van der Waals surface area (Å²) in [4.78, 5) is 2.57. The van der Waals surface area contributed by atoms with E-state index in [0.29, 0.717) is 12.0 Å². The van der Waals surface area contributed by atoms with Gasteiger partial charge in [0.1, 0.15) is 0 Å². The third-order valence-electron chi connectivity index (χ3n) is 4.36. The maximum atomic E-state index is 6.19. The highest BCUT2D eigenvalue weighted by Gasteiger charge is 2.24. The molecular formula is C17H28N2. The van der Waals surface area contributed by atoms with E-state index < -0.39 is 0 Å². The molecule has 0 aromatic heterocycles. The lowest BCUT2D eigenvalue weighted by molar-refractivity contribution is 0.301. The lowest BCUT2D eigenvalue weighted by Crippen LogP contribution is -2.30. The summed E-state index contributed by atoms with van der Waals surface area (Å²) in [5.41, 5.74) is 8.96. The van der Waals surface area contributed by atoms with Crippen LogP contribution in [-0.2, 0) is 6.54 Å². The number of nitrogens with zero attached hydrogens (tertiary/aromatic N) is 1. The Morgan fingerprint density at radius 2 is 1.95 bits per heavy atom. The van der Waals surface area contributed by atoms with E-state index in [0.717, 1.165) is 12.5 Å². The van der Waals surface area contributed by atoms with Crippen LogP contribution < -0.4 is 5.73 Å². The molecule has 2 atom stereocenters. The predicted molar refractivity (Wildman–Crippen MR) is 82.0 cm³/mol. The van der Waals surface area contributed by atoms with E-state index in [1.165, 1.54) is 37.1 Å². The average molecular weight is 260 g/mol. The van der Waals surface area contributed by atoms with Gasteiger partial charge in [-0.05, 0) is 43.7 Å². The summed E-state index contributed by atoms with van der Waals surface area (Å²) in [5, 5.41) is 0. The molecule has 2 N–H and O–H groups in total. The Hall–Kier alpha value is -0.860. The SMILES string of the molecule is Cc1ccc(CN2CCC(CC(N)C(C)C)C2)cc1. The summed E-state index contributed by atoms with van der Waals surface area (Å²) < 4.78 is 0. The molecule has 0 aliphatic carbocycles. The number of aryl methyl sites for hydroxylation is 1. The molecule has 1 aliphatic rings. The van der Waals surface area contributed by atoms with Gasteiger partial charge in [-0.15, -0.1) is 0 Å². The first-order chi connectivity index (χ1) is 9.04. The Morgan fingerprint density at radius 1 is 1.26 bits per heavy atom. The number of hydrogen-bond acceptors (Lipinski definition) is 2. The quantitative estimate of drug-likeness (QED) is 0.881. The van der Waals surface area contributed by atoms with Gasteiger partial charge in [0.05, 0.1) is 0 Å². The van der Waals surface area contributed by atoms with E-state index >= 15 is 0 Å². The minimum Gasteiger partial charge on any atom is -0.327 e. The molecule has 1 fully saturated rings. The van der Waals surface area contributed by atoms with Crippen LogP contribution in [0.4, 0.5) is 0 Å². The van der Waals surface area contributed by atoms with E-state index in [1.807, 2.05) is 0 Å². The number of nitrogens with two attached hydrogens (primary N) is 1. The van der Waals surface area contributed by atoms with Crippen molar-refractivity contribution in [3.63, 3.8) is 0 Å². The fourth-order valence-electron chi connectivity index (χ4n) is 2.86. The summed E-state index contributed by atoms with van der Waals surface area (Å²) in [7, 11) is 0. The molecule has 0 amide bonds. The summed E-state index contributed by atoms with van der Waals surface area (Å²) in [6, 6.07) is 9.28. The van der Waals surface area contributed by atoms with Crippen molar-refractivity contribution < 1.29 is 0 Å². The lowest BCUT2D eigenvalue weighted by atomic mass is 9.93. The minimum absolute atomic E-state index is 0.365. The van der Waals surface area contributed by atoms with Crippen LogP contribution in [0.5, 0.6) is 0 Å². The molecule has 2 unspecified atom stereocenters. The van der Waals surface area contributed by atoms with Crippen LogP contribution in [-0.4, -0.2) is 24.0 Å². The molecule has 2 rings (SSSR count). The maximum Gasteiger partial charge on any atom is 0.0233 e. The molecule has 1 aliphatic heterocycles. The second-order valence-electron chi connectivity index (χ2n) is 6.52. The van der Waals surface area contributed by atoms with Crippen LogP contribution in [0.3, 0.4) is 0 Å². The predicted octanol–water partition coefficient (Wildman–Crippen LogP) is 3.19. The minimum atomic E-state index is 0.365. The highest BCUT2D eigenvalue weighted by molar-refractivity contribution is 5.21. The molecule has 0 saturated carbocycles. The van der Waals surface area contributed by atoms with Crippen molar-refractivity contribution in [3.8, 4) is 0 Å². The van der Waals surface area contributed by atoms with Crippen molar-refractivity contribution in [1.29, 1.82) is 0 Å². The van der Waals surface area contributed by atoms with Gasteiger partial charge in [-0.3, -0.25) is 4.90 Å². The largest absolute Gasteiger partial charge is 0.327 e. The van der Waals surface area contributed by atoms with E-state index in [2.05, 4.69) is 49.9 Å². The molecule has 2 heteroatoms. The van der Waals surface area contributed by atoms with Crippen LogP contribution >= 0.6 is 0 Å². The summed E-state index contributed by atoms with van der Waals surface area (Å²) in [6.45, 7) is 10.1. The van der Waals surface area contributed by atoms with Gasteiger partial charge < -0.3 is 5.73 Å². The Balaban J connectivity index is 1.80. The molecular weight excluding hydrogens is 232 g/mol. The fraction of sp³-hybridized carbons (Fsp3) is 0.647. The third kappa shape index (κ3) is 4.32. The van der Waals surface area contributed by atoms with Crippen LogP contribution in [0.15, 0.2) is 24.3 Å². The van der Waals surface area contributed by atoms with Gasteiger partial charge in [-0.25, -0.2) is 0 Å². The van der Waals surface area contributed by atoms with E-state index in [1.54, 1.807) is 0 Å². The van der Waals surface area contributed by atoms with Gasteiger partial charge in [-0.2, -0.15) is 0 Å². The van der Waals surface area contributed by atoms with Crippen LogP contribution in [0, 0.1) is 18.8 Å². The Kier molecular flexibility index (Phi) is 5.00. The molecule has 2 nitrogen and oxygen atoms in total. The molecule has 1 heterocycles. The average Bonchev–Trinajstić information content (AvgIpc) is 2.79. The maximum absolute atomic E-state index is 6.19. The van der Waals surface area contributed by atoms with Gasteiger partial charge in [0, 0.05) is 19.1 Å². The van der Waals surface area contributed by atoms with Gasteiger partial charge in [-0.1, -0.05) is 43.7 Å². The number of hydrogen-bond donors (Lipinski definition) is 1. The molecule has 1 aromatic rings. The van der Waals surface area contributed by atoms with Crippen molar-refractivity contribution >= 4 is 0 Å². The zero-order valence-electron chi connectivity index (χ0n) is 12.6. The first-order valence-electron chi connectivity index (χ1n) is 7.58. The molecule has 0 spiro atoms. The van der Waals surface area contributed by atoms with E-state index in [-0.39, 0.29) is 0 Å². The van der Waals surface area contributed by atoms with Gasteiger partial charge in [0.2, 0.25) is 0 Å². The van der Waals surface area contributed by atoms with E-state index in [9.17, 15) is 0 Å². The van der Waals surface area contributed by atoms with Gasteiger partial charge in [0.25, 0.3) is 0 Å². The van der Waals surface area contributed by atoms with Crippen molar-refractivity contribution in [2.45, 2.75) is 46.2 Å². The zero-order valence-corrected chi connectivity index (χ0v) is 12.6. The standard InChI is InChI=1S/C17H28N2/c1-13(2)17(18)10-16-8-9-19(12-16)11-15-6-4-14(3)5-7-15/h4-7,13,16-17H,8-12,18H2,1-3H3. The van der Waals surface area contributed by atoms with Crippen molar-refractivity contribution in [3.05, 3.63) is 35.4 Å². The van der Waals surface area contributed by atoms with E-state index in [4.69, 9.17) is 5.73 Å². The lowest BCUT2D eigenvalue weighted by Gasteiger charge is -2.20. The van der Waals surface area contributed by atoms with Crippen molar-refractivity contribution in [2.75, 3.05) is 13.1 Å². The summed E-state index contributed by atoms with van der Waals surface area (Å²) >= 11 is 0. The number of likely N-dealkylation sites (tertiary alicyclic amines) is 1.